The normalized spacial score (nSPS) is 11.0. The third-order valence-corrected chi connectivity index (χ3v) is 5.70. The molecule has 0 unspecified atom stereocenters. The summed E-state index contributed by atoms with van der Waals surface area (Å²) in [6, 6.07) is 19.1. The van der Waals surface area contributed by atoms with E-state index in [2.05, 4.69) is 10.0 Å². The SMILES string of the molecule is Cc1ccc(S(=O)(=O)Nc2ccccc2C(=O)Nc2ccc(CC(=O)O)cc2)cc1. The van der Waals surface area contributed by atoms with Gasteiger partial charge >= 0.3 is 5.97 Å². The Labute approximate surface area is 174 Å². The zero-order valence-electron chi connectivity index (χ0n) is 16.1. The van der Waals surface area contributed by atoms with E-state index in [1.54, 1.807) is 48.5 Å². The highest BCUT2D eigenvalue weighted by atomic mass is 32.2. The Morgan fingerprint density at radius 2 is 1.53 bits per heavy atom. The number of sulfonamides is 1. The predicted octanol–water partition coefficient (Wildman–Crippen LogP) is 3.68. The molecule has 0 aliphatic rings. The van der Waals surface area contributed by atoms with Gasteiger partial charge < -0.3 is 10.4 Å². The highest BCUT2D eigenvalue weighted by Crippen LogP contribution is 2.22. The van der Waals surface area contributed by atoms with Crippen LogP contribution in [-0.2, 0) is 21.2 Å². The highest BCUT2D eigenvalue weighted by Gasteiger charge is 2.18. The van der Waals surface area contributed by atoms with E-state index >= 15 is 0 Å². The third-order valence-electron chi connectivity index (χ3n) is 4.31. The van der Waals surface area contributed by atoms with Crippen molar-refractivity contribution in [2.45, 2.75) is 18.2 Å². The Morgan fingerprint density at radius 3 is 2.17 bits per heavy atom. The summed E-state index contributed by atoms with van der Waals surface area (Å²) in [7, 11) is -3.86. The maximum Gasteiger partial charge on any atom is 0.307 e. The van der Waals surface area contributed by atoms with Crippen LogP contribution in [0.1, 0.15) is 21.5 Å². The van der Waals surface area contributed by atoms with Crippen molar-refractivity contribution in [3.05, 3.63) is 89.5 Å². The first-order valence-electron chi connectivity index (χ1n) is 9.05. The quantitative estimate of drug-likeness (QED) is 0.536. The average molecular weight is 424 g/mol. The molecule has 0 aliphatic carbocycles. The number of carbonyl (C=O) groups is 2. The lowest BCUT2D eigenvalue weighted by Crippen LogP contribution is -2.18. The molecule has 8 heteroatoms. The number of para-hydroxylation sites is 1. The van der Waals surface area contributed by atoms with Crippen molar-refractivity contribution in [2.24, 2.45) is 0 Å². The van der Waals surface area contributed by atoms with Crippen molar-refractivity contribution in [2.75, 3.05) is 10.0 Å². The summed E-state index contributed by atoms with van der Waals surface area (Å²) < 4.78 is 27.8. The third kappa shape index (κ3) is 5.24. The molecule has 3 aromatic rings. The van der Waals surface area contributed by atoms with E-state index in [1.165, 1.54) is 24.3 Å². The summed E-state index contributed by atoms with van der Waals surface area (Å²) in [6.45, 7) is 1.86. The van der Waals surface area contributed by atoms with Gasteiger partial charge in [-0.2, -0.15) is 0 Å². The molecule has 0 aliphatic heterocycles. The average Bonchev–Trinajstić information content (AvgIpc) is 2.69. The van der Waals surface area contributed by atoms with Crippen molar-refractivity contribution in [1.29, 1.82) is 0 Å². The van der Waals surface area contributed by atoms with Gasteiger partial charge in [-0.15, -0.1) is 0 Å². The van der Waals surface area contributed by atoms with Crippen molar-refractivity contribution in [3.8, 4) is 0 Å². The molecule has 3 aromatic carbocycles. The number of carbonyl (C=O) groups excluding carboxylic acids is 1. The largest absolute Gasteiger partial charge is 0.481 e. The molecule has 3 rings (SSSR count). The zero-order chi connectivity index (χ0) is 21.7. The molecule has 7 nitrogen and oxygen atoms in total. The van der Waals surface area contributed by atoms with Crippen molar-refractivity contribution in [3.63, 3.8) is 0 Å². The van der Waals surface area contributed by atoms with E-state index in [-0.39, 0.29) is 22.6 Å². The fraction of sp³-hybridized carbons (Fsp3) is 0.0909. The number of anilines is 2. The summed E-state index contributed by atoms with van der Waals surface area (Å²) in [6.07, 6.45) is -0.113. The standard InChI is InChI=1S/C22H20N2O5S/c1-15-6-12-18(13-7-15)30(28,29)24-20-5-3-2-4-19(20)22(27)23-17-10-8-16(9-11-17)14-21(25)26/h2-13,24H,14H2,1H3,(H,23,27)(H,25,26). The van der Waals surface area contributed by atoms with E-state index in [0.29, 0.717) is 11.3 Å². The molecule has 0 atom stereocenters. The Bertz CT molecular complexity index is 1170. The van der Waals surface area contributed by atoms with Gasteiger partial charge in [0, 0.05) is 5.69 Å². The minimum Gasteiger partial charge on any atom is -0.481 e. The van der Waals surface area contributed by atoms with Gasteiger partial charge in [-0.25, -0.2) is 8.42 Å². The lowest BCUT2D eigenvalue weighted by atomic mass is 10.1. The molecule has 1 amide bonds. The minimum atomic E-state index is -3.86. The van der Waals surface area contributed by atoms with Crippen LogP contribution in [0, 0.1) is 6.92 Å². The second-order valence-electron chi connectivity index (χ2n) is 6.69. The van der Waals surface area contributed by atoms with Gasteiger partial charge in [-0.3, -0.25) is 14.3 Å². The van der Waals surface area contributed by atoms with Crippen molar-refractivity contribution >= 4 is 33.3 Å². The summed E-state index contributed by atoms with van der Waals surface area (Å²) in [4.78, 5) is 23.6. The van der Waals surface area contributed by atoms with E-state index in [9.17, 15) is 18.0 Å². The molecule has 0 saturated heterocycles. The minimum absolute atomic E-state index is 0.0948. The fourth-order valence-corrected chi connectivity index (χ4v) is 3.85. The van der Waals surface area contributed by atoms with E-state index in [1.807, 2.05) is 6.92 Å². The van der Waals surface area contributed by atoms with Crippen LogP contribution in [-0.4, -0.2) is 25.4 Å². The van der Waals surface area contributed by atoms with Crippen molar-refractivity contribution < 1.29 is 23.1 Å². The van der Waals surface area contributed by atoms with Crippen LogP contribution < -0.4 is 10.0 Å². The van der Waals surface area contributed by atoms with Gasteiger partial charge in [-0.05, 0) is 48.9 Å². The molecular formula is C22H20N2O5S. The summed E-state index contributed by atoms with van der Waals surface area (Å²) >= 11 is 0. The first-order chi connectivity index (χ1) is 14.2. The van der Waals surface area contributed by atoms with Gasteiger partial charge in [0.1, 0.15) is 0 Å². The van der Waals surface area contributed by atoms with Gasteiger partial charge in [0.15, 0.2) is 0 Å². The molecule has 0 heterocycles. The lowest BCUT2D eigenvalue weighted by Gasteiger charge is -2.13. The number of aliphatic carboxylic acids is 1. The molecule has 30 heavy (non-hydrogen) atoms. The van der Waals surface area contributed by atoms with Gasteiger partial charge in [0.2, 0.25) is 0 Å². The monoisotopic (exact) mass is 424 g/mol. The lowest BCUT2D eigenvalue weighted by molar-refractivity contribution is -0.136. The molecule has 0 spiro atoms. The maximum atomic E-state index is 12.7. The molecule has 0 radical (unpaired) electrons. The van der Waals surface area contributed by atoms with Crippen LogP contribution in [0.15, 0.2) is 77.7 Å². The zero-order valence-corrected chi connectivity index (χ0v) is 16.9. The highest BCUT2D eigenvalue weighted by molar-refractivity contribution is 7.92. The molecule has 0 saturated carbocycles. The van der Waals surface area contributed by atoms with Crippen LogP contribution in [0.25, 0.3) is 0 Å². The molecule has 0 fully saturated rings. The van der Waals surface area contributed by atoms with E-state index < -0.39 is 21.9 Å². The fourth-order valence-electron chi connectivity index (χ4n) is 2.77. The van der Waals surface area contributed by atoms with Gasteiger partial charge in [0.05, 0.1) is 22.6 Å². The summed E-state index contributed by atoms with van der Waals surface area (Å²) in [5, 5.41) is 11.5. The number of hydrogen-bond donors (Lipinski definition) is 3. The van der Waals surface area contributed by atoms with Crippen LogP contribution >= 0.6 is 0 Å². The van der Waals surface area contributed by atoms with E-state index in [0.717, 1.165) is 5.56 Å². The Hall–Kier alpha value is -3.65. The second kappa shape index (κ2) is 8.79. The molecule has 0 bridgehead atoms. The Balaban J connectivity index is 1.79. The topological polar surface area (TPSA) is 113 Å². The summed E-state index contributed by atoms with van der Waals surface area (Å²) in [5.74, 6) is -1.44. The van der Waals surface area contributed by atoms with Gasteiger partial charge in [0.25, 0.3) is 15.9 Å². The number of aryl methyl sites for hydroxylation is 1. The first-order valence-corrected chi connectivity index (χ1v) is 10.5. The van der Waals surface area contributed by atoms with Crippen LogP contribution in [0.2, 0.25) is 0 Å². The number of carboxylic acids is 1. The number of rotatable bonds is 7. The van der Waals surface area contributed by atoms with Crippen LogP contribution in [0.4, 0.5) is 11.4 Å². The Morgan fingerprint density at radius 1 is 0.900 bits per heavy atom. The molecule has 154 valence electrons. The molecule has 0 aromatic heterocycles. The number of hydrogen-bond acceptors (Lipinski definition) is 4. The number of amides is 1. The van der Waals surface area contributed by atoms with Crippen molar-refractivity contribution in [1.82, 2.24) is 0 Å². The van der Waals surface area contributed by atoms with Crippen LogP contribution in [0.3, 0.4) is 0 Å². The second-order valence-corrected chi connectivity index (χ2v) is 8.37. The smallest absolute Gasteiger partial charge is 0.307 e. The number of benzene rings is 3. The maximum absolute atomic E-state index is 12.7. The predicted molar refractivity (Wildman–Crippen MR) is 114 cm³/mol. The Kier molecular flexibility index (Phi) is 6.17. The summed E-state index contributed by atoms with van der Waals surface area (Å²) in [5.41, 5.74) is 2.31. The molecule has 3 N–H and O–H groups in total. The first kappa shape index (κ1) is 21.1. The van der Waals surface area contributed by atoms with Gasteiger partial charge in [-0.1, -0.05) is 42.0 Å². The number of carboxylic acid groups (broad SMARTS) is 1. The number of nitrogens with one attached hydrogen (secondary N) is 2. The van der Waals surface area contributed by atoms with Crippen LogP contribution in [0.5, 0.6) is 0 Å². The van der Waals surface area contributed by atoms with E-state index in [4.69, 9.17) is 5.11 Å². The molecular weight excluding hydrogens is 404 g/mol.